The average Bonchev–Trinajstić information content (AvgIpc) is 2.74. The first kappa shape index (κ1) is 25.2. The van der Waals surface area contributed by atoms with E-state index in [2.05, 4.69) is 12.2 Å². The molecule has 1 aromatic carbocycles. The molecule has 0 atom stereocenters. The van der Waals surface area contributed by atoms with E-state index in [-0.39, 0.29) is 5.97 Å². The van der Waals surface area contributed by atoms with Crippen molar-refractivity contribution in [3.63, 3.8) is 0 Å². The summed E-state index contributed by atoms with van der Waals surface area (Å²) >= 11 is 0. The molecule has 4 nitrogen and oxygen atoms in total. The van der Waals surface area contributed by atoms with E-state index in [1.54, 1.807) is 24.3 Å². The second-order valence-electron chi connectivity index (χ2n) is 7.89. The summed E-state index contributed by atoms with van der Waals surface area (Å²) in [6.07, 6.45) is 20.3. The van der Waals surface area contributed by atoms with Crippen molar-refractivity contribution in [2.24, 2.45) is 0 Å². The molecule has 4 heteroatoms. The molecule has 0 aliphatic carbocycles. The Bertz CT molecular complexity index is 545. The Balaban J connectivity index is 1.90. The average molecular weight is 404 g/mol. The van der Waals surface area contributed by atoms with Gasteiger partial charge in [0.05, 0.1) is 17.9 Å². The lowest BCUT2D eigenvalue weighted by Gasteiger charge is -2.08. The third-order valence-electron chi connectivity index (χ3n) is 5.34. The van der Waals surface area contributed by atoms with E-state index in [0.29, 0.717) is 24.3 Å². The first-order valence-corrected chi connectivity index (χ1v) is 11.8. The molecule has 1 amide bonds. The Labute approximate surface area is 177 Å². The first-order chi connectivity index (χ1) is 14.3. The molecule has 1 aromatic rings. The number of hydrogen-bond acceptors (Lipinski definition) is 3. The topological polar surface area (TPSA) is 55.4 Å². The number of para-hydroxylation sites is 1. The molecule has 0 fully saturated rings. The van der Waals surface area contributed by atoms with Crippen molar-refractivity contribution in [2.75, 3.05) is 11.9 Å². The minimum absolute atomic E-state index is 0.375. The zero-order valence-electron chi connectivity index (χ0n) is 18.4. The van der Waals surface area contributed by atoms with E-state index in [4.69, 9.17) is 4.74 Å². The number of carbonyl (C=O) groups is 2. The van der Waals surface area contributed by atoms with Gasteiger partial charge in [0.15, 0.2) is 0 Å². The van der Waals surface area contributed by atoms with Crippen LogP contribution in [-0.2, 0) is 9.53 Å². The minimum Gasteiger partial charge on any atom is -0.462 e. The molecular formula is C25H41NO3. The number of carbonyl (C=O) groups excluding carboxylic acids is 2. The van der Waals surface area contributed by atoms with E-state index >= 15 is 0 Å². The highest BCUT2D eigenvalue weighted by atomic mass is 16.5. The summed E-state index contributed by atoms with van der Waals surface area (Å²) in [7, 11) is 0. The minimum atomic E-state index is -0.375. The van der Waals surface area contributed by atoms with E-state index < -0.39 is 0 Å². The van der Waals surface area contributed by atoms with Gasteiger partial charge in [-0.2, -0.15) is 0 Å². The number of nitrogens with one attached hydrogen (secondary N) is 1. The maximum Gasteiger partial charge on any atom is 0.340 e. The third kappa shape index (κ3) is 13.1. The lowest BCUT2D eigenvalue weighted by Crippen LogP contribution is -2.10. The maximum atomic E-state index is 12.1. The molecule has 0 heterocycles. The Morgan fingerprint density at radius 2 is 1.28 bits per heavy atom. The van der Waals surface area contributed by atoms with Gasteiger partial charge >= 0.3 is 5.97 Å². The number of benzene rings is 1. The van der Waals surface area contributed by atoms with Crippen LogP contribution in [0.5, 0.6) is 0 Å². The van der Waals surface area contributed by atoms with Crippen LogP contribution in [0, 0.1) is 0 Å². The zero-order chi connectivity index (χ0) is 21.0. The molecule has 0 unspecified atom stereocenters. The van der Waals surface area contributed by atoms with Gasteiger partial charge in [-0.1, -0.05) is 109 Å². The van der Waals surface area contributed by atoms with Gasteiger partial charge in [-0.05, 0) is 18.6 Å². The normalized spacial score (nSPS) is 10.7. The van der Waals surface area contributed by atoms with Gasteiger partial charge in [0.2, 0.25) is 6.41 Å². The molecule has 0 aliphatic rings. The van der Waals surface area contributed by atoms with E-state index in [0.717, 1.165) is 12.8 Å². The second kappa shape index (κ2) is 18.2. The van der Waals surface area contributed by atoms with E-state index in [1.165, 1.54) is 83.5 Å². The standard InChI is InChI=1S/C25H41NO3/c1-2-3-4-5-6-7-8-9-10-11-12-13-14-15-18-21-29-25(28)23-19-16-17-20-24(23)26-22-27/h16-17,19-20,22H,2-15,18,21H2,1H3,(H,26,27). The molecule has 0 aromatic heterocycles. The van der Waals surface area contributed by atoms with Crippen LogP contribution in [0.4, 0.5) is 5.69 Å². The molecular weight excluding hydrogens is 362 g/mol. The highest BCUT2D eigenvalue weighted by Crippen LogP contribution is 2.16. The fourth-order valence-corrected chi connectivity index (χ4v) is 3.57. The van der Waals surface area contributed by atoms with Crippen molar-refractivity contribution in [3.05, 3.63) is 29.8 Å². The summed E-state index contributed by atoms with van der Waals surface area (Å²) < 4.78 is 5.33. The van der Waals surface area contributed by atoms with E-state index in [1.807, 2.05) is 0 Å². The molecule has 29 heavy (non-hydrogen) atoms. The number of rotatable bonds is 19. The van der Waals surface area contributed by atoms with Crippen LogP contribution in [0.15, 0.2) is 24.3 Å². The fraction of sp³-hybridized carbons (Fsp3) is 0.680. The Hall–Kier alpha value is -1.84. The van der Waals surface area contributed by atoms with Crippen LogP contribution in [0.2, 0.25) is 0 Å². The SMILES string of the molecule is CCCCCCCCCCCCCCCCCOC(=O)c1ccccc1NC=O. The monoisotopic (exact) mass is 403 g/mol. The summed E-state index contributed by atoms with van der Waals surface area (Å²) in [6, 6.07) is 6.90. The molecule has 0 radical (unpaired) electrons. The second-order valence-corrected chi connectivity index (χ2v) is 7.89. The molecule has 0 aliphatic heterocycles. The highest BCUT2D eigenvalue weighted by Gasteiger charge is 2.11. The summed E-state index contributed by atoms with van der Waals surface area (Å²) in [4.78, 5) is 22.7. The molecule has 1 N–H and O–H groups in total. The summed E-state index contributed by atoms with van der Waals surface area (Å²) in [5.74, 6) is -0.375. The quantitative estimate of drug-likeness (QED) is 0.150. The number of ether oxygens (including phenoxy) is 1. The highest BCUT2D eigenvalue weighted by molar-refractivity contribution is 5.97. The Morgan fingerprint density at radius 3 is 1.79 bits per heavy atom. The van der Waals surface area contributed by atoms with Crippen LogP contribution >= 0.6 is 0 Å². The predicted molar refractivity (Wildman–Crippen MR) is 121 cm³/mol. The predicted octanol–water partition coefficient (Wildman–Crippen LogP) is 7.28. The van der Waals surface area contributed by atoms with Gasteiger partial charge in [-0.3, -0.25) is 4.79 Å². The maximum absolute atomic E-state index is 12.1. The summed E-state index contributed by atoms with van der Waals surface area (Å²) in [5.41, 5.74) is 0.893. The van der Waals surface area contributed by atoms with Gasteiger partial charge in [0.1, 0.15) is 0 Å². The van der Waals surface area contributed by atoms with Crippen molar-refractivity contribution in [1.29, 1.82) is 0 Å². The lowest BCUT2D eigenvalue weighted by molar-refractivity contribution is -0.105. The van der Waals surface area contributed by atoms with Crippen molar-refractivity contribution < 1.29 is 14.3 Å². The molecule has 0 bridgehead atoms. The number of anilines is 1. The largest absolute Gasteiger partial charge is 0.462 e. The van der Waals surface area contributed by atoms with Crippen molar-refractivity contribution in [3.8, 4) is 0 Å². The number of unbranched alkanes of at least 4 members (excludes halogenated alkanes) is 14. The first-order valence-electron chi connectivity index (χ1n) is 11.8. The third-order valence-corrected chi connectivity index (χ3v) is 5.34. The van der Waals surface area contributed by atoms with Crippen molar-refractivity contribution in [2.45, 2.75) is 103 Å². The Kier molecular flexibility index (Phi) is 15.8. The van der Waals surface area contributed by atoms with Crippen LogP contribution in [0.1, 0.15) is 114 Å². The van der Waals surface area contributed by atoms with Gasteiger partial charge in [0.25, 0.3) is 0 Å². The van der Waals surface area contributed by atoms with Crippen molar-refractivity contribution in [1.82, 2.24) is 0 Å². The van der Waals surface area contributed by atoms with E-state index in [9.17, 15) is 9.59 Å². The van der Waals surface area contributed by atoms with Crippen molar-refractivity contribution >= 4 is 18.1 Å². The number of amides is 1. The lowest BCUT2D eigenvalue weighted by atomic mass is 10.0. The zero-order valence-corrected chi connectivity index (χ0v) is 18.4. The van der Waals surface area contributed by atoms with Crippen LogP contribution in [-0.4, -0.2) is 19.0 Å². The number of esters is 1. The smallest absolute Gasteiger partial charge is 0.340 e. The summed E-state index contributed by atoms with van der Waals surface area (Å²) in [5, 5.41) is 2.53. The van der Waals surface area contributed by atoms with Gasteiger partial charge in [0, 0.05) is 0 Å². The van der Waals surface area contributed by atoms with Crippen LogP contribution in [0.25, 0.3) is 0 Å². The summed E-state index contributed by atoms with van der Waals surface area (Å²) in [6.45, 7) is 2.71. The molecule has 164 valence electrons. The van der Waals surface area contributed by atoms with Crippen LogP contribution in [0.3, 0.4) is 0 Å². The molecule has 0 saturated carbocycles. The van der Waals surface area contributed by atoms with Gasteiger partial charge in [-0.15, -0.1) is 0 Å². The molecule has 0 saturated heterocycles. The fourth-order valence-electron chi connectivity index (χ4n) is 3.57. The van der Waals surface area contributed by atoms with Gasteiger partial charge in [-0.25, -0.2) is 4.79 Å². The molecule has 1 rings (SSSR count). The number of hydrogen-bond donors (Lipinski definition) is 1. The van der Waals surface area contributed by atoms with Gasteiger partial charge < -0.3 is 10.1 Å². The molecule has 0 spiro atoms. The Morgan fingerprint density at radius 1 is 0.793 bits per heavy atom. The van der Waals surface area contributed by atoms with Crippen LogP contribution < -0.4 is 5.32 Å².